The number of amides is 3. The van der Waals surface area contributed by atoms with Crippen LogP contribution in [0.15, 0.2) is 43.1 Å². The van der Waals surface area contributed by atoms with E-state index in [1.54, 1.807) is 6.08 Å². The van der Waals surface area contributed by atoms with Crippen molar-refractivity contribution in [1.29, 1.82) is 0 Å². The Bertz CT molecular complexity index is 611. The fraction of sp³-hybridized carbons (Fsp3) is 0.333. The van der Waals surface area contributed by atoms with Crippen molar-refractivity contribution in [2.24, 2.45) is 5.73 Å². The Balaban J connectivity index is 2.79. The zero-order valence-corrected chi connectivity index (χ0v) is 15.1. The van der Waals surface area contributed by atoms with E-state index >= 15 is 0 Å². The molecule has 0 spiro atoms. The van der Waals surface area contributed by atoms with Gasteiger partial charge in [0.05, 0.1) is 5.37 Å². The van der Waals surface area contributed by atoms with Gasteiger partial charge in [-0.05, 0) is 23.1 Å². The van der Waals surface area contributed by atoms with Gasteiger partial charge in [0.15, 0.2) is 0 Å². The fourth-order valence-corrected chi connectivity index (χ4v) is 2.42. The Morgan fingerprint density at radius 2 is 2.00 bits per heavy atom. The third kappa shape index (κ3) is 5.45. The molecule has 0 heterocycles. The monoisotopic (exact) mass is 347 g/mol. The number of carbonyl (C=O) groups is 2. The van der Waals surface area contributed by atoms with E-state index in [9.17, 15) is 9.59 Å². The molecule has 1 aromatic rings. The molecular formula is C18H25N3O2S. The molecule has 3 amide bonds. The topological polar surface area (TPSA) is 75.4 Å². The summed E-state index contributed by atoms with van der Waals surface area (Å²) in [6.45, 7) is 7.50. The van der Waals surface area contributed by atoms with Gasteiger partial charge in [0.1, 0.15) is 0 Å². The lowest BCUT2D eigenvalue weighted by molar-refractivity contribution is -0.126. The number of carbonyl (C=O) groups excluding carboxylic acids is 2. The third-order valence-corrected chi connectivity index (χ3v) is 4.01. The Morgan fingerprint density at radius 3 is 2.46 bits per heavy atom. The first-order valence-electron chi connectivity index (χ1n) is 7.85. The zero-order chi connectivity index (χ0) is 18.1. The minimum atomic E-state index is -0.510. The molecule has 1 aromatic carbocycles. The maximum atomic E-state index is 12.2. The van der Waals surface area contributed by atoms with Crippen LogP contribution in [0.5, 0.6) is 0 Å². The Hall–Kier alpha value is -2.21. The summed E-state index contributed by atoms with van der Waals surface area (Å²) in [5.41, 5.74) is 8.10. The molecule has 6 heteroatoms. The van der Waals surface area contributed by atoms with Crippen LogP contribution in [0.2, 0.25) is 0 Å². The summed E-state index contributed by atoms with van der Waals surface area (Å²) in [6, 6.07) is 7.03. The normalized spacial score (nSPS) is 12.4. The lowest BCUT2D eigenvalue weighted by Gasteiger charge is -2.22. The highest BCUT2D eigenvalue weighted by Gasteiger charge is 2.19. The molecule has 0 bridgehead atoms. The van der Waals surface area contributed by atoms with E-state index in [0.29, 0.717) is 6.54 Å². The predicted molar refractivity (Wildman–Crippen MR) is 101 cm³/mol. The Labute approximate surface area is 149 Å². The van der Waals surface area contributed by atoms with Crippen LogP contribution in [0.1, 0.15) is 43.2 Å². The summed E-state index contributed by atoms with van der Waals surface area (Å²) in [7, 11) is 0. The molecule has 0 radical (unpaired) electrons. The molecule has 0 saturated heterocycles. The summed E-state index contributed by atoms with van der Waals surface area (Å²) in [4.78, 5) is 25.1. The number of hydrogen-bond donors (Lipinski definition) is 3. The van der Waals surface area contributed by atoms with E-state index in [1.165, 1.54) is 18.0 Å². The minimum absolute atomic E-state index is 0.277. The van der Waals surface area contributed by atoms with Crippen molar-refractivity contribution in [3.05, 3.63) is 54.2 Å². The second-order valence-electron chi connectivity index (χ2n) is 5.32. The van der Waals surface area contributed by atoms with Crippen LogP contribution < -0.4 is 11.1 Å². The molecular weight excluding hydrogens is 322 g/mol. The Kier molecular flexibility index (Phi) is 8.12. The van der Waals surface area contributed by atoms with Gasteiger partial charge in [0.25, 0.3) is 0 Å². The number of nitrogens with two attached hydrogens (primary N) is 1. The third-order valence-electron chi connectivity index (χ3n) is 3.58. The molecule has 1 rings (SSSR count). The highest BCUT2D eigenvalue weighted by molar-refractivity contribution is 7.80. The zero-order valence-electron chi connectivity index (χ0n) is 14.2. The first kappa shape index (κ1) is 19.8. The van der Waals surface area contributed by atoms with Crippen molar-refractivity contribution in [2.45, 2.75) is 32.1 Å². The van der Waals surface area contributed by atoms with Gasteiger partial charge in [-0.15, -0.1) is 12.6 Å². The SMILES string of the molecule is C=C/C(=C\N)c1ccc(C(S)NC(=O)N(CCCC)C(C)=O)cc1. The molecule has 130 valence electrons. The van der Waals surface area contributed by atoms with Gasteiger partial charge in [0.2, 0.25) is 5.91 Å². The maximum Gasteiger partial charge on any atom is 0.325 e. The smallest absolute Gasteiger partial charge is 0.325 e. The van der Waals surface area contributed by atoms with Crippen molar-refractivity contribution >= 4 is 30.1 Å². The number of rotatable bonds is 7. The van der Waals surface area contributed by atoms with Gasteiger partial charge >= 0.3 is 6.03 Å². The lowest BCUT2D eigenvalue weighted by Crippen LogP contribution is -2.43. The van der Waals surface area contributed by atoms with E-state index < -0.39 is 11.4 Å². The number of unbranched alkanes of at least 4 members (excludes halogenated alkanes) is 1. The van der Waals surface area contributed by atoms with Crippen molar-refractivity contribution in [3.8, 4) is 0 Å². The summed E-state index contributed by atoms with van der Waals surface area (Å²) < 4.78 is 0. The molecule has 0 aliphatic rings. The van der Waals surface area contributed by atoms with E-state index in [2.05, 4.69) is 24.5 Å². The molecule has 1 atom stereocenters. The summed E-state index contributed by atoms with van der Waals surface area (Å²) in [5, 5.41) is 2.22. The Morgan fingerprint density at radius 1 is 1.38 bits per heavy atom. The number of urea groups is 1. The van der Waals surface area contributed by atoms with Crippen LogP contribution in [0, 0.1) is 0 Å². The summed E-state index contributed by atoms with van der Waals surface area (Å²) >= 11 is 4.42. The molecule has 1 unspecified atom stereocenters. The molecule has 0 saturated carbocycles. The molecule has 3 N–H and O–H groups in total. The number of benzene rings is 1. The van der Waals surface area contributed by atoms with Crippen LogP contribution in [-0.4, -0.2) is 23.4 Å². The molecule has 5 nitrogen and oxygen atoms in total. The first-order chi connectivity index (χ1) is 11.4. The molecule has 0 fully saturated rings. The van der Waals surface area contributed by atoms with Crippen LogP contribution in [0.25, 0.3) is 5.57 Å². The van der Waals surface area contributed by atoms with Crippen molar-refractivity contribution < 1.29 is 9.59 Å². The van der Waals surface area contributed by atoms with Gasteiger partial charge < -0.3 is 11.1 Å². The average molecular weight is 347 g/mol. The van der Waals surface area contributed by atoms with Crippen LogP contribution in [0.3, 0.4) is 0 Å². The first-order valence-corrected chi connectivity index (χ1v) is 8.37. The van der Waals surface area contributed by atoms with Gasteiger partial charge in [-0.2, -0.15) is 0 Å². The average Bonchev–Trinajstić information content (AvgIpc) is 2.56. The van der Waals surface area contributed by atoms with Gasteiger partial charge in [-0.1, -0.05) is 50.3 Å². The summed E-state index contributed by atoms with van der Waals surface area (Å²) in [5.74, 6) is -0.277. The van der Waals surface area contributed by atoms with Crippen molar-refractivity contribution in [1.82, 2.24) is 10.2 Å². The van der Waals surface area contributed by atoms with Gasteiger partial charge in [-0.3, -0.25) is 9.69 Å². The van der Waals surface area contributed by atoms with Crippen LogP contribution >= 0.6 is 12.6 Å². The van der Waals surface area contributed by atoms with E-state index in [1.807, 2.05) is 31.2 Å². The number of allylic oxidation sites excluding steroid dienone is 2. The molecule has 0 aromatic heterocycles. The molecule has 0 aliphatic carbocycles. The highest BCUT2D eigenvalue weighted by Crippen LogP contribution is 2.21. The second-order valence-corrected chi connectivity index (χ2v) is 5.84. The lowest BCUT2D eigenvalue weighted by atomic mass is 10.0. The van der Waals surface area contributed by atoms with Crippen molar-refractivity contribution in [2.75, 3.05) is 6.54 Å². The highest BCUT2D eigenvalue weighted by atomic mass is 32.1. The molecule has 24 heavy (non-hydrogen) atoms. The number of hydrogen-bond acceptors (Lipinski definition) is 4. The number of nitrogens with one attached hydrogen (secondary N) is 1. The quantitative estimate of drug-likeness (QED) is 0.402. The predicted octanol–water partition coefficient (Wildman–Crippen LogP) is 3.46. The van der Waals surface area contributed by atoms with E-state index in [-0.39, 0.29) is 5.91 Å². The summed E-state index contributed by atoms with van der Waals surface area (Å²) in [6.07, 6.45) is 4.84. The molecule has 0 aliphatic heterocycles. The second kappa shape index (κ2) is 9.82. The van der Waals surface area contributed by atoms with Crippen molar-refractivity contribution in [3.63, 3.8) is 0 Å². The maximum absolute atomic E-state index is 12.2. The number of nitrogens with zero attached hydrogens (tertiary/aromatic N) is 1. The number of thiol groups is 1. The van der Waals surface area contributed by atoms with Crippen LogP contribution in [0.4, 0.5) is 4.79 Å². The fourth-order valence-electron chi connectivity index (χ4n) is 2.14. The van der Waals surface area contributed by atoms with Crippen LogP contribution in [-0.2, 0) is 4.79 Å². The standard InChI is InChI=1S/C18H25N3O2S/c1-4-6-11-21(13(3)22)18(23)20-17(24)16-9-7-15(8-10-16)14(5-2)12-19/h5,7-10,12,17,24H,2,4,6,11,19H2,1,3H3,(H,20,23)/b14-12+. The van der Waals surface area contributed by atoms with E-state index in [0.717, 1.165) is 29.5 Å². The van der Waals surface area contributed by atoms with E-state index in [4.69, 9.17) is 5.73 Å². The number of imide groups is 1. The largest absolute Gasteiger partial charge is 0.404 e. The van der Waals surface area contributed by atoms with Gasteiger partial charge in [-0.25, -0.2) is 4.79 Å². The van der Waals surface area contributed by atoms with Gasteiger partial charge in [0, 0.05) is 19.7 Å². The minimum Gasteiger partial charge on any atom is -0.404 e.